The monoisotopic (exact) mass is 573 g/mol. The van der Waals surface area contributed by atoms with Gasteiger partial charge in [0.15, 0.2) is 5.25 Å². The molecule has 0 heterocycles. The van der Waals surface area contributed by atoms with Crippen molar-refractivity contribution >= 4 is 81.2 Å². The molecule has 10 nitrogen and oxygen atoms in total. The zero-order valence-corrected chi connectivity index (χ0v) is 21.9. The van der Waals surface area contributed by atoms with Crippen molar-refractivity contribution in [3.8, 4) is 0 Å². The third-order valence-corrected chi connectivity index (χ3v) is 6.31. The Kier molecular flexibility index (Phi) is 37.3. The molecule has 0 saturated carbocycles. The second-order valence-corrected chi connectivity index (χ2v) is 10.1. The van der Waals surface area contributed by atoms with Gasteiger partial charge in [-0.3, -0.25) is 14.1 Å². The second kappa shape index (κ2) is 31.0. The van der Waals surface area contributed by atoms with E-state index in [2.05, 4.69) is 24.4 Å². The first-order valence-corrected chi connectivity index (χ1v) is 14.1. The Hall–Kier alpha value is 0.470. The molecule has 13 heteroatoms. The van der Waals surface area contributed by atoms with E-state index < -0.39 is 33.7 Å². The summed E-state index contributed by atoms with van der Waals surface area (Å²) in [6, 6.07) is 0. The zero-order chi connectivity index (χ0) is 27.0. The van der Waals surface area contributed by atoms with E-state index in [1.54, 1.807) is 0 Å². The topological polar surface area (TPSA) is 181 Å². The molecule has 0 aromatic rings. The van der Waals surface area contributed by atoms with Crippen molar-refractivity contribution in [1.82, 2.24) is 5.32 Å². The molecule has 0 aliphatic carbocycles. The maximum absolute atomic E-state index is 10.2. The molecular weight excluding hydrogens is 524 g/mol. The van der Waals surface area contributed by atoms with Crippen LogP contribution >= 0.6 is 0 Å². The average Bonchev–Trinajstić information content (AvgIpc) is 2.77. The SMILES string of the molecule is CCCCCC[C@@H](O)C/C=C\CCCCCCCCNCCO.O=C(O)CC(C(=O)O)S(=O)(=O)O.[NaH].[NaH]. The third kappa shape index (κ3) is 34.4. The van der Waals surface area contributed by atoms with Gasteiger partial charge in [-0.05, 0) is 38.6 Å². The average molecular weight is 574 g/mol. The van der Waals surface area contributed by atoms with Gasteiger partial charge < -0.3 is 25.7 Å². The molecule has 0 aliphatic rings. The van der Waals surface area contributed by atoms with Crippen LogP contribution in [0.15, 0.2) is 12.2 Å². The van der Waals surface area contributed by atoms with Crippen LogP contribution < -0.4 is 5.32 Å². The van der Waals surface area contributed by atoms with Crippen LogP contribution in [0.1, 0.15) is 96.8 Å². The number of hydrogen-bond donors (Lipinski definition) is 6. The summed E-state index contributed by atoms with van der Waals surface area (Å²) in [4.78, 5) is 20.0. The van der Waals surface area contributed by atoms with Crippen LogP contribution in [0.4, 0.5) is 0 Å². The summed E-state index contributed by atoms with van der Waals surface area (Å²) in [5, 5.41) is 35.6. The van der Waals surface area contributed by atoms with Gasteiger partial charge in [0.25, 0.3) is 10.1 Å². The number of carboxylic acid groups (broad SMARTS) is 2. The Morgan fingerprint density at radius 3 is 1.92 bits per heavy atom. The van der Waals surface area contributed by atoms with E-state index >= 15 is 0 Å². The molecule has 0 saturated heterocycles. The molecule has 1 unspecified atom stereocenters. The van der Waals surface area contributed by atoms with Gasteiger partial charge in [-0.25, -0.2) is 0 Å². The van der Waals surface area contributed by atoms with Crippen LogP contribution in [0.2, 0.25) is 0 Å². The van der Waals surface area contributed by atoms with E-state index in [0.717, 1.165) is 32.4 Å². The van der Waals surface area contributed by atoms with E-state index in [1.807, 2.05) is 0 Å². The summed E-state index contributed by atoms with van der Waals surface area (Å²) >= 11 is 0. The van der Waals surface area contributed by atoms with Gasteiger partial charge in [-0.1, -0.05) is 70.4 Å². The molecule has 212 valence electrons. The molecular formula is C24H49NNa2O9S. The van der Waals surface area contributed by atoms with E-state index in [4.69, 9.17) is 19.9 Å². The van der Waals surface area contributed by atoms with Gasteiger partial charge in [-0.2, -0.15) is 8.42 Å². The number of aliphatic carboxylic acids is 2. The summed E-state index contributed by atoms with van der Waals surface area (Å²) in [6.07, 6.45) is 18.8. The van der Waals surface area contributed by atoms with Gasteiger partial charge in [0.05, 0.1) is 19.1 Å². The minimum absolute atomic E-state index is 0. The quantitative estimate of drug-likeness (QED) is 0.0485. The van der Waals surface area contributed by atoms with Crippen molar-refractivity contribution < 1.29 is 43.0 Å². The molecule has 6 N–H and O–H groups in total. The maximum atomic E-state index is 10.2. The Morgan fingerprint density at radius 1 is 0.865 bits per heavy atom. The molecule has 0 rings (SSSR count). The van der Waals surface area contributed by atoms with Crippen molar-refractivity contribution in [2.75, 3.05) is 19.7 Å². The number of hydrogen-bond acceptors (Lipinski definition) is 7. The number of unbranched alkanes of at least 4 members (excludes halogenated alkanes) is 9. The number of aliphatic hydroxyl groups is 2. The second-order valence-electron chi connectivity index (χ2n) is 8.53. The first-order chi connectivity index (χ1) is 16.6. The summed E-state index contributed by atoms with van der Waals surface area (Å²) in [6.45, 7) is 4.21. The fraction of sp³-hybridized carbons (Fsp3) is 0.833. The number of rotatable bonds is 22. The minimum atomic E-state index is -4.84. The van der Waals surface area contributed by atoms with E-state index in [-0.39, 0.29) is 71.8 Å². The molecule has 0 aromatic heterocycles. The number of nitrogens with one attached hydrogen (secondary N) is 1. The Balaban J connectivity index is -0.000000332. The van der Waals surface area contributed by atoms with Crippen LogP contribution in [0.3, 0.4) is 0 Å². The van der Waals surface area contributed by atoms with Crippen LogP contribution in [0.5, 0.6) is 0 Å². The molecule has 2 atom stereocenters. The molecule has 37 heavy (non-hydrogen) atoms. The summed E-state index contributed by atoms with van der Waals surface area (Å²) in [5.74, 6) is -3.50. The van der Waals surface area contributed by atoms with Crippen molar-refractivity contribution in [1.29, 1.82) is 0 Å². The standard InChI is InChI=1S/C20H41NO2.C4H6O7S.2Na.2H/c1-2-3-4-12-15-20(23)16-13-10-8-6-5-7-9-11-14-17-21-18-19-22;5-3(6)1-2(4(7)8)12(9,10)11;;;;/h10,13,20-23H,2-9,11-12,14-19H2,1H3;2H,1H2,(H,5,6)(H,7,8)(H,9,10,11);;;;/b13-10-;;;;;/t20-;;;;;/m1...../s1. The molecule has 0 fully saturated rings. The van der Waals surface area contributed by atoms with Crippen molar-refractivity contribution in [3.05, 3.63) is 12.2 Å². The Bertz CT molecular complexity index is 665. The number of carboxylic acids is 2. The van der Waals surface area contributed by atoms with E-state index in [0.29, 0.717) is 0 Å². The van der Waals surface area contributed by atoms with E-state index in [1.165, 1.54) is 64.2 Å². The molecule has 0 aromatic carbocycles. The number of aliphatic hydroxyl groups excluding tert-OH is 2. The number of allylic oxidation sites excluding steroid dienone is 1. The van der Waals surface area contributed by atoms with Crippen molar-refractivity contribution in [3.63, 3.8) is 0 Å². The number of carbonyl (C=O) groups is 2. The van der Waals surface area contributed by atoms with Gasteiger partial charge in [0.1, 0.15) is 0 Å². The molecule has 0 radical (unpaired) electrons. The molecule has 0 spiro atoms. The van der Waals surface area contributed by atoms with Crippen molar-refractivity contribution in [2.24, 2.45) is 0 Å². The first-order valence-electron chi connectivity index (χ1n) is 12.6. The van der Waals surface area contributed by atoms with Gasteiger partial charge >= 0.3 is 71.1 Å². The van der Waals surface area contributed by atoms with Crippen LogP contribution in [0.25, 0.3) is 0 Å². The van der Waals surface area contributed by atoms with Crippen LogP contribution in [-0.4, -0.2) is 136 Å². The Morgan fingerprint density at radius 2 is 1.43 bits per heavy atom. The summed E-state index contributed by atoms with van der Waals surface area (Å²) in [7, 11) is -4.84. The third-order valence-electron chi connectivity index (χ3n) is 5.22. The van der Waals surface area contributed by atoms with Gasteiger partial charge in [0, 0.05) is 6.54 Å². The van der Waals surface area contributed by atoms with Crippen LogP contribution in [0, 0.1) is 0 Å². The molecule has 0 bridgehead atoms. The van der Waals surface area contributed by atoms with Gasteiger partial charge in [-0.15, -0.1) is 0 Å². The zero-order valence-electron chi connectivity index (χ0n) is 21.1. The predicted molar refractivity (Wildman–Crippen MR) is 150 cm³/mol. The van der Waals surface area contributed by atoms with Crippen LogP contribution in [-0.2, 0) is 19.7 Å². The normalized spacial score (nSPS) is 12.5. The summed E-state index contributed by atoms with van der Waals surface area (Å²) in [5.41, 5.74) is 0. The summed E-state index contributed by atoms with van der Waals surface area (Å²) < 4.78 is 28.7. The van der Waals surface area contributed by atoms with E-state index in [9.17, 15) is 23.1 Å². The predicted octanol–water partition coefficient (Wildman–Crippen LogP) is 2.08. The fourth-order valence-electron chi connectivity index (χ4n) is 3.20. The molecule has 0 aliphatic heterocycles. The molecule has 0 amide bonds. The fourth-order valence-corrected chi connectivity index (χ4v) is 3.81. The Labute approximate surface area is 267 Å². The van der Waals surface area contributed by atoms with Crippen molar-refractivity contribution in [2.45, 2.75) is 108 Å². The first kappa shape index (κ1) is 44.5. The van der Waals surface area contributed by atoms with Gasteiger partial charge in [0.2, 0.25) is 0 Å².